The Bertz CT molecular complexity index is 957. The van der Waals surface area contributed by atoms with Crippen molar-refractivity contribution in [3.63, 3.8) is 0 Å². The second-order valence-electron chi connectivity index (χ2n) is 8.14. The third-order valence-electron chi connectivity index (χ3n) is 6.16. The van der Waals surface area contributed by atoms with Crippen LogP contribution in [0.15, 0.2) is 22.7 Å². The topological polar surface area (TPSA) is 88.8 Å². The van der Waals surface area contributed by atoms with Gasteiger partial charge in [0.1, 0.15) is 6.04 Å². The highest BCUT2D eigenvalue weighted by Gasteiger charge is 2.37. The van der Waals surface area contributed by atoms with E-state index in [4.69, 9.17) is 9.26 Å². The first-order valence-corrected chi connectivity index (χ1v) is 10.7. The Kier molecular flexibility index (Phi) is 6.20. The maximum Gasteiger partial charge on any atom is 0.254 e. The summed E-state index contributed by atoms with van der Waals surface area (Å²) in [4.78, 5) is 34.1. The summed E-state index contributed by atoms with van der Waals surface area (Å²) in [5, 5.41) is 3.88. The standard InChI is InChI=1S/C22H27FN4O4/c1-14-24-20(31-25-14)18-9-10-26(11-12-27(18)22(29)15-5-3-4-6-15)21(28)16-7-8-19(30-2)17(23)13-16/h7-8,13,15,18H,3-6,9-12H2,1-2H3. The average Bonchev–Trinajstić information content (AvgIpc) is 3.40. The lowest BCUT2D eigenvalue weighted by Crippen LogP contribution is -2.41. The van der Waals surface area contributed by atoms with Crippen molar-refractivity contribution in [2.75, 3.05) is 26.7 Å². The molecule has 2 aromatic rings. The van der Waals surface area contributed by atoms with Gasteiger partial charge in [-0.2, -0.15) is 4.98 Å². The average molecular weight is 430 g/mol. The van der Waals surface area contributed by atoms with E-state index >= 15 is 0 Å². The van der Waals surface area contributed by atoms with E-state index in [1.807, 2.05) is 0 Å². The number of nitrogens with zero attached hydrogens (tertiary/aromatic N) is 4. The van der Waals surface area contributed by atoms with Crippen LogP contribution < -0.4 is 4.74 Å². The van der Waals surface area contributed by atoms with Crippen LogP contribution in [0.2, 0.25) is 0 Å². The number of amides is 2. The summed E-state index contributed by atoms with van der Waals surface area (Å²) < 4.78 is 24.4. The smallest absolute Gasteiger partial charge is 0.254 e. The number of aromatic nitrogens is 2. The Labute approximate surface area is 180 Å². The fourth-order valence-corrected chi connectivity index (χ4v) is 4.49. The monoisotopic (exact) mass is 430 g/mol. The van der Waals surface area contributed by atoms with Gasteiger partial charge in [0, 0.05) is 31.1 Å². The van der Waals surface area contributed by atoms with Crippen LogP contribution in [0.25, 0.3) is 0 Å². The molecule has 0 spiro atoms. The first-order chi connectivity index (χ1) is 15.0. The summed E-state index contributed by atoms with van der Waals surface area (Å²) in [5.74, 6) is 0.223. The molecule has 8 nitrogen and oxygen atoms in total. The van der Waals surface area contributed by atoms with Crippen LogP contribution in [-0.4, -0.2) is 58.5 Å². The van der Waals surface area contributed by atoms with Gasteiger partial charge in [0.25, 0.3) is 5.91 Å². The largest absolute Gasteiger partial charge is 0.494 e. The van der Waals surface area contributed by atoms with Crippen molar-refractivity contribution in [3.8, 4) is 5.75 Å². The van der Waals surface area contributed by atoms with Crippen LogP contribution in [0, 0.1) is 18.7 Å². The van der Waals surface area contributed by atoms with Gasteiger partial charge in [-0.3, -0.25) is 9.59 Å². The van der Waals surface area contributed by atoms with Crippen molar-refractivity contribution in [2.45, 2.75) is 45.1 Å². The molecule has 166 valence electrons. The number of carbonyl (C=O) groups is 2. The number of ether oxygens (including phenoxy) is 1. The molecule has 1 aromatic carbocycles. The van der Waals surface area contributed by atoms with Gasteiger partial charge in [-0.15, -0.1) is 0 Å². The van der Waals surface area contributed by atoms with Crippen LogP contribution >= 0.6 is 0 Å². The number of rotatable bonds is 4. The summed E-state index contributed by atoms with van der Waals surface area (Å²) in [6.45, 7) is 2.86. The molecular formula is C22H27FN4O4. The highest BCUT2D eigenvalue weighted by molar-refractivity contribution is 5.94. The van der Waals surface area contributed by atoms with Crippen molar-refractivity contribution in [1.82, 2.24) is 19.9 Å². The van der Waals surface area contributed by atoms with Gasteiger partial charge < -0.3 is 19.1 Å². The second kappa shape index (κ2) is 9.03. The Morgan fingerprint density at radius 1 is 1.16 bits per heavy atom. The molecule has 9 heteroatoms. The van der Waals surface area contributed by atoms with Gasteiger partial charge in [0.15, 0.2) is 17.4 Å². The molecule has 1 aromatic heterocycles. The van der Waals surface area contributed by atoms with Gasteiger partial charge in [0.05, 0.1) is 7.11 Å². The van der Waals surface area contributed by atoms with Gasteiger partial charge in [-0.1, -0.05) is 18.0 Å². The van der Waals surface area contributed by atoms with E-state index in [1.165, 1.54) is 19.2 Å². The van der Waals surface area contributed by atoms with Crippen molar-refractivity contribution >= 4 is 11.8 Å². The molecule has 0 radical (unpaired) electrons. The van der Waals surface area contributed by atoms with Gasteiger partial charge in [-0.25, -0.2) is 4.39 Å². The van der Waals surface area contributed by atoms with Crippen LogP contribution in [0.4, 0.5) is 4.39 Å². The van der Waals surface area contributed by atoms with E-state index in [-0.39, 0.29) is 35.1 Å². The predicted octanol–water partition coefficient (Wildman–Crippen LogP) is 3.13. The van der Waals surface area contributed by atoms with Crippen molar-refractivity contribution in [2.24, 2.45) is 5.92 Å². The zero-order valence-corrected chi connectivity index (χ0v) is 17.8. The molecule has 1 aliphatic carbocycles. The normalized spacial score (nSPS) is 20.0. The second-order valence-corrected chi connectivity index (χ2v) is 8.14. The summed E-state index contributed by atoms with van der Waals surface area (Å²) in [7, 11) is 1.38. The highest BCUT2D eigenvalue weighted by Crippen LogP contribution is 2.33. The lowest BCUT2D eigenvalue weighted by molar-refractivity contribution is -0.138. The number of methoxy groups -OCH3 is 1. The molecule has 2 aliphatic rings. The van der Waals surface area contributed by atoms with Gasteiger partial charge in [0.2, 0.25) is 11.8 Å². The maximum atomic E-state index is 14.1. The lowest BCUT2D eigenvalue weighted by Gasteiger charge is -2.29. The molecule has 2 fully saturated rings. The zero-order chi connectivity index (χ0) is 22.0. The quantitative estimate of drug-likeness (QED) is 0.741. The molecule has 0 bridgehead atoms. The SMILES string of the molecule is COc1ccc(C(=O)N2CCC(c3nc(C)no3)N(C(=O)C3CCCC3)CC2)cc1F. The van der Waals surface area contributed by atoms with Gasteiger partial charge in [-0.05, 0) is 44.4 Å². The first-order valence-electron chi connectivity index (χ1n) is 10.7. The van der Waals surface area contributed by atoms with Crippen molar-refractivity contribution in [3.05, 3.63) is 41.3 Å². The minimum absolute atomic E-state index is 0.00412. The zero-order valence-electron chi connectivity index (χ0n) is 17.8. The molecule has 2 amide bonds. The molecule has 1 saturated heterocycles. The van der Waals surface area contributed by atoms with E-state index in [1.54, 1.807) is 22.8 Å². The number of halogens is 1. The third-order valence-corrected chi connectivity index (χ3v) is 6.16. The minimum atomic E-state index is -0.583. The van der Waals surface area contributed by atoms with Gasteiger partial charge >= 0.3 is 0 Å². The number of hydrogen-bond acceptors (Lipinski definition) is 6. The first kappa shape index (κ1) is 21.3. The van der Waals surface area contributed by atoms with Crippen molar-refractivity contribution in [1.29, 1.82) is 0 Å². The van der Waals surface area contributed by atoms with E-state index < -0.39 is 5.82 Å². The molecule has 4 rings (SSSR count). The maximum absolute atomic E-state index is 14.1. The van der Waals surface area contributed by atoms with Crippen LogP contribution in [0.3, 0.4) is 0 Å². The van der Waals surface area contributed by atoms with E-state index in [9.17, 15) is 14.0 Å². The molecular weight excluding hydrogens is 403 g/mol. The number of hydrogen-bond donors (Lipinski definition) is 0. The molecule has 2 heterocycles. The summed E-state index contributed by atoms with van der Waals surface area (Å²) in [6.07, 6.45) is 4.37. The highest BCUT2D eigenvalue weighted by atomic mass is 19.1. The number of carbonyl (C=O) groups excluding carboxylic acids is 2. The Hall–Kier alpha value is -2.97. The molecule has 0 N–H and O–H groups in total. The molecule has 31 heavy (non-hydrogen) atoms. The predicted molar refractivity (Wildman–Crippen MR) is 109 cm³/mol. The minimum Gasteiger partial charge on any atom is -0.494 e. The molecule has 1 unspecified atom stereocenters. The van der Waals surface area contributed by atoms with Crippen LogP contribution in [0.5, 0.6) is 5.75 Å². The molecule has 1 saturated carbocycles. The summed E-state index contributed by atoms with van der Waals surface area (Å²) in [6, 6.07) is 3.81. The lowest BCUT2D eigenvalue weighted by atomic mass is 10.0. The Morgan fingerprint density at radius 3 is 2.58 bits per heavy atom. The van der Waals surface area contributed by atoms with Crippen molar-refractivity contribution < 1.29 is 23.2 Å². The summed E-state index contributed by atoms with van der Waals surface area (Å²) >= 11 is 0. The Balaban J connectivity index is 1.56. The third kappa shape index (κ3) is 4.40. The van der Waals surface area contributed by atoms with Crippen LogP contribution in [-0.2, 0) is 4.79 Å². The number of aryl methyl sites for hydroxylation is 1. The fraction of sp³-hybridized carbons (Fsp3) is 0.545. The van der Waals surface area contributed by atoms with E-state index in [0.29, 0.717) is 37.8 Å². The fourth-order valence-electron chi connectivity index (χ4n) is 4.49. The van der Waals surface area contributed by atoms with E-state index in [2.05, 4.69) is 10.1 Å². The molecule has 1 aliphatic heterocycles. The Morgan fingerprint density at radius 2 is 1.94 bits per heavy atom. The molecule has 1 atom stereocenters. The number of benzene rings is 1. The van der Waals surface area contributed by atoms with E-state index in [0.717, 1.165) is 25.7 Å². The van der Waals surface area contributed by atoms with Crippen LogP contribution in [0.1, 0.15) is 60.2 Å². The summed E-state index contributed by atoms with van der Waals surface area (Å²) in [5.41, 5.74) is 0.249.